The number of rotatable bonds is 5. The molecule has 8 nitrogen and oxygen atoms in total. The molecule has 1 atom stereocenters. The number of piperidine rings is 1. The standard InChI is InChI=1S/C32H38F2N4O4S/c1-36(2)43(41,42)35-30(39)23-12-13-26-27(19-23)38-20-24(31(40)37-16-14-32(33,34)15-17-37)18-22-10-6-7-11-25(22)29(38)28(26)21-8-4-3-5-9-21/h6-7,10-13,19,21,24H,3-5,8-9,14-18,20H2,1-2H3,(H,35,39). The third-order valence-electron chi connectivity index (χ3n) is 9.38. The number of amides is 2. The zero-order valence-corrected chi connectivity index (χ0v) is 25.4. The molecule has 1 N–H and O–H groups in total. The Balaban J connectivity index is 1.49. The molecule has 11 heteroatoms. The normalized spacial score (nSPS) is 20.9. The average molecular weight is 613 g/mol. The second kappa shape index (κ2) is 11.3. The molecule has 2 amide bonds. The maximum atomic E-state index is 13.9. The van der Waals surface area contributed by atoms with Crippen molar-refractivity contribution in [1.82, 2.24) is 18.5 Å². The molecule has 3 aromatic rings. The second-order valence-corrected chi connectivity index (χ2v) is 14.3. The van der Waals surface area contributed by atoms with Crippen LogP contribution in [0.25, 0.3) is 22.2 Å². The summed E-state index contributed by atoms with van der Waals surface area (Å²) in [4.78, 5) is 28.6. The summed E-state index contributed by atoms with van der Waals surface area (Å²) in [6.45, 7) is 0.391. The van der Waals surface area contributed by atoms with Crippen LogP contribution in [0.4, 0.5) is 8.78 Å². The largest absolute Gasteiger partial charge is 0.342 e. The highest BCUT2D eigenvalue weighted by Crippen LogP contribution is 2.47. The molecule has 0 bridgehead atoms. The van der Waals surface area contributed by atoms with E-state index in [1.807, 2.05) is 24.3 Å². The topological polar surface area (TPSA) is 91.7 Å². The van der Waals surface area contributed by atoms with Crippen molar-refractivity contribution in [3.63, 3.8) is 0 Å². The van der Waals surface area contributed by atoms with Crippen molar-refractivity contribution in [2.75, 3.05) is 27.2 Å². The van der Waals surface area contributed by atoms with Crippen LogP contribution in [0.5, 0.6) is 0 Å². The number of fused-ring (bicyclic) bond motifs is 5. The zero-order chi connectivity index (χ0) is 30.5. The molecular weight excluding hydrogens is 574 g/mol. The van der Waals surface area contributed by atoms with Crippen LogP contribution in [0.1, 0.15) is 72.3 Å². The number of carbonyl (C=O) groups excluding carboxylic acids is 2. The molecule has 0 radical (unpaired) electrons. The van der Waals surface area contributed by atoms with E-state index in [0.29, 0.717) is 18.9 Å². The SMILES string of the molecule is CN(C)S(=O)(=O)NC(=O)c1ccc2c(C3CCCCC3)c3n(c2c1)CC(C(=O)N1CCC(F)(F)CC1)Cc1ccccc1-3. The van der Waals surface area contributed by atoms with E-state index in [4.69, 9.17) is 0 Å². The van der Waals surface area contributed by atoms with E-state index in [1.165, 1.54) is 26.1 Å². The van der Waals surface area contributed by atoms with Gasteiger partial charge in [-0.3, -0.25) is 9.59 Å². The summed E-state index contributed by atoms with van der Waals surface area (Å²) in [5.74, 6) is -3.78. The third-order valence-corrected chi connectivity index (χ3v) is 10.8. The predicted molar refractivity (Wildman–Crippen MR) is 161 cm³/mol. The number of benzene rings is 2. The van der Waals surface area contributed by atoms with Gasteiger partial charge in [-0.25, -0.2) is 13.5 Å². The van der Waals surface area contributed by atoms with Crippen molar-refractivity contribution in [2.24, 2.45) is 5.92 Å². The lowest BCUT2D eigenvalue weighted by atomic mass is 9.81. The van der Waals surface area contributed by atoms with Crippen molar-refractivity contribution in [3.05, 3.63) is 59.2 Å². The summed E-state index contributed by atoms with van der Waals surface area (Å²) in [7, 11) is -1.30. The second-order valence-electron chi connectivity index (χ2n) is 12.4. The lowest BCUT2D eigenvalue weighted by Crippen LogP contribution is -2.46. The Morgan fingerprint density at radius 1 is 1.00 bits per heavy atom. The van der Waals surface area contributed by atoms with Gasteiger partial charge in [0.05, 0.1) is 11.6 Å². The molecule has 1 saturated heterocycles. The molecule has 3 aliphatic rings. The Labute approximate surface area is 251 Å². The van der Waals surface area contributed by atoms with Gasteiger partial charge >= 0.3 is 10.2 Å². The number of halogens is 2. The van der Waals surface area contributed by atoms with Gasteiger partial charge in [-0.1, -0.05) is 49.6 Å². The number of nitrogens with zero attached hydrogens (tertiary/aromatic N) is 3. The number of carbonyl (C=O) groups is 2. The van der Waals surface area contributed by atoms with Gasteiger partial charge in [0.1, 0.15) is 0 Å². The van der Waals surface area contributed by atoms with Crippen LogP contribution in [0.3, 0.4) is 0 Å². The molecule has 2 fully saturated rings. The molecule has 2 aromatic carbocycles. The molecule has 6 rings (SSSR count). The van der Waals surface area contributed by atoms with Crippen molar-refractivity contribution in [2.45, 2.75) is 69.8 Å². The number of hydrogen-bond acceptors (Lipinski definition) is 4. The minimum absolute atomic E-state index is 0.0290. The van der Waals surface area contributed by atoms with Crippen molar-refractivity contribution in [1.29, 1.82) is 0 Å². The highest BCUT2D eigenvalue weighted by molar-refractivity contribution is 7.87. The van der Waals surface area contributed by atoms with Crippen LogP contribution in [-0.4, -0.2) is 67.1 Å². The molecule has 0 spiro atoms. The Morgan fingerprint density at radius 2 is 1.70 bits per heavy atom. The molecule has 230 valence electrons. The molecule has 43 heavy (non-hydrogen) atoms. The van der Waals surface area contributed by atoms with Gasteiger partial charge < -0.3 is 9.47 Å². The maximum Gasteiger partial charge on any atom is 0.303 e. The van der Waals surface area contributed by atoms with Crippen molar-refractivity contribution in [3.8, 4) is 11.3 Å². The fourth-order valence-electron chi connectivity index (χ4n) is 7.03. The Kier molecular flexibility index (Phi) is 7.83. The molecule has 1 unspecified atom stereocenters. The van der Waals surface area contributed by atoms with Gasteiger partial charge in [-0.15, -0.1) is 0 Å². The first-order valence-electron chi connectivity index (χ1n) is 15.1. The van der Waals surface area contributed by atoms with E-state index in [9.17, 15) is 26.8 Å². The summed E-state index contributed by atoms with van der Waals surface area (Å²) in [6.07, 6.45) is 5.35. The average Bonchev–Trinajstić information content (AvgIpc) is 3.19. The van der Waals surface area contributed by atoms with Gasteiger partial charge in [0.25, 0.3) is 11.8 Å². The molecule has 1 saturated carbocycles. The summed E-state index contributed by atoms with van der Waals surface area (Å²) in [6, 6.07) is 13.4. The Bertz CT molecular complexity index is 1670. The van der Waals surface area contributed by atoms with E-state index < -0.39 is 28.0 Å². The van der Waals surface area contributed by atoms with Crippen LogP contribution in [0, 0.1) is 5.92 Å². The van der Waals surface area contributed by atoms with Crippen LogP contribution < -0.4 is 4.72 Å². The number of aromatic nitrogens is 1. The van der Waals surface area contributed by atoms with Crippen LogP contribution in [-0.2, 0) is 28.0 Å². The van der Waals surface area contributed by atoms with E-state index >= 15 is 0 Å². The van der Waals surface area contributed by atoms with E-state index in [2.05, 4.69) is 15.4 Å². The fourth-order valence-corrected chi connectivity index (χ4v) is 7.56. The molecular formula is C32H38F2N4O4S. The van der Waals surface area contributed by atoms with Crippen molar-refractivity contribution < 1.29 is 26.8 Å². The number of hydrogen-bond donors (Lipinski definition) is 1. The Morgan fingerprint density at radius 3 is 2.40 bits per heavy atom. The maximum absolute atomic E-state index is 13.9. The van der Waals surface area contributed by atoms with Gasteiger partial charge in [0.15, 0.2) is 0 Å². The smallest absolute Gasteiger partial charge is 0.303 e. The van der Waals surface area contributed by atoms with E-state index in [1.54, 1.807) is 17.0 Å². The van der Waals surface area contributed by atoms with Gasteiger partial charge in [0.2, 0.25) is 5.91 Å². The first-order valence-corrected chi connectivity index (χ1v) is 16.5. The predicted octanol–water partition coefficient (Wildman–Crippen LogP) is 5.32. The first-order chi connectivity index (χ1) is 20.4. The van der Waals surface area contributed by atoms with Crippen LogP contribution >= 0.6 is 0 Å². The first kappa shape index (κ1) is 29.7. The quantitative estimate of drug-likeness (QED) is 0.422. The highest BCUT2D eigenvalue weighted by Gasteiger charge is 2.39. The van der Waals surface area contributed by atoms with Crippen molar-refractivity contribution >= 4 is 32.9 Å². The third kappa shape index (κ3) is 5.69. The molecule has 1 aliphatic carbocycles. The minimum Gasteiger partial charge on any atom is -0.342 e. The highest BCUT2D eigenvalue weighted by atomic mass is 32.2. The minimum atomic E-state index is -3.99. The Hall–Kier alpha value is -3.31. The van der Waals surface area contributed by atoms with E-state index in [-0.39, 0.29) is 37.4 Å². The number of alkyl halides is 2. The monoisotopic (exact) mass is 612 g/mol. The van der Waals surface area contributed by atoms with E-state index in [0.717, 1.165) is 57.7 Å². The zero-order valence-electron chi connectivity index (χ0n) is 24.6. The number of likely N-dealkylation sites (tertiary alicyclic amines) is 1. The van der Waals surface area contributed by atoms with Gasteiger partial charge in [-0.2, -0.15) is 12.7 Å². The van der Waals surface area contributed by atoms with Crippen LogP contribution in [0.2, 0.25) is 0 Å². The van der Waals surface area contributed by atoms with Gasteiger partial charge in [0, 0.05) is 68.6 Å². The fraction of sp³-hybridized carbons (Fsp3) is 0.500. The number of nitrogens with one attached hydrogen (secondary N) is 1. The summed E-state index contributed by atoms with van der Waals surface area (Å²) < 4.78 is 57.9. The summed E-state index contributed by atoms with van der Waals surface area (Å²) >= 11 is 0. The lowest BCUT2D eigenvalue weighted by molar-refractivity contribution is -0.142. The molecule has 2 aliphatic heterocycles. The molecule has 1 aromatic heterocycles. The lowest BCUT2D eigenvalue weighted by Gasteiger charge is -2.34. The summed E-state index contributed by atoms with van der Waals surface area (Å²) in [5, 5.41) is 0.995. The summed E-state index contributed by atoms with van der Waals surface area (Å²) in [5.41, 5.74) is 5.30. The van der Waals surface area contributed by atoms with Crippen LogP contribution in [0.15, 0.2) is 42.5 Å². The van der Waals surface area contributed by atoms with Gasteiger partial charge in [-0.05, 0) is 48.4 Å². The molecule has 3 heterocycles.